The number of benzene rings is 1. The quantitative estimate of drug-likeness (QED) is 0.832. The summed E-state index contributed by atoms with van der Waals surface area (Å²) in [6.07, 6.45) is 3.42. The number of nitrogens with zero attached hydrogens (tertiary/aromatic N) is 2. The maximum Gasteiger partial charge on any atom is 0.123 e. The average molecular weight is 205 g/mol. The molecule has 0 bridgehead atoms. The molecule has 0 unspecified atom stereocenters. The summed E-state index contributed by atoms with van der Waals surface area (Å²) in [5, 5.41) is 0. The van der Waals surface area contributed by atoms with Crippen molar-refractivity contribution in [3.63, 3.8) is 0 Å². The fraction of sp³-hybridized carbons (Fsp3) is 0.182. The van der Waals surface area contributed by atoms with Crippen LogP contribution in [0.25, 0.3) is 0 Å². The van der Waals surface area contributed by atoms with Gasteiger partial charge in [0.05, 0.1) is 18.6 Å². The summed E-state index contributed by atoms with van der Waals surface area (Å²) in [5.74, 6) is -0.214. The minimum atomic E-state index is -0.214. The highest BCUT2D eigenvalue weighted by Gasteiger charge is 2.02. The van der Waals surface area contributed by atoms with Crippen LogP contribution in [0.15, 0.2) is 36.8 Å². The van der Waals surface area contributed by atoms with Crippen molar-refractivity contribution in [3.05, 3.63) is 48.3 Å². The summed E-state index contributed by atoms with van der Waals surface area (Å²) in [6.45, 7) is 0.728. The van der Waals surface area contributed by atoms with E-state index in [4.69, 9.17) is 0 Å². The Kier molecular flexibility index (Phi) is 2.67. The van der Waals surface area contributed by atoms with Gasteiger partial charge in [0.15, 0.2) is 0 Å². The molecule has 1 N–H and O–H groups in total. The van der Waals surface area contributed by atoms with Crippen LogP contribution in [0.4, 0.5) is 10.1 Å². The second kappa shape index (κ2) is 4.13. The summed E-state index contributed by atoms with van der Waals surface area (Å²) >= 11 is 0. The van der Waals surface area contributed by atoms with E-state index < -0.39 is 0 Å². The number of imidazole rings is 1. The minimum Gasteiger partial charge on any atom is -0.369 e. The Morgan fingerprint density at radius 2 is 2.07 bits per heavy atom. The lowest BCUT2D eigenvalue weighted by molar-refractivity contribution is 0.627. The van der Waals surface area contributed by atoms with E-state index in [0.717, 1.165) is 17.9 Å². The molecule has 0 saturated heterocycles. The number of anilines is 1. The molecule has 0 atom stereocenters. The van der Waals surface area contributed by atoms with Crippen LogP contribution in [0.5, 0.6) is 0 Å². The first kappa shape index (κ1) is 9.71. The third-order valence-electron chi connectivity index (χ3n) is 2.23. The fourth-order valence-corrected chi connectivity index (χ4v) is 1.41. The van der Waals surface area contributed by atoms with Gasteiger partial charge in [-0.25, -0.2) is 9.37 Å². The van der Waals surface area contributed by atoms with Gasteiger partial charge in [0.2, 0.25) is 0 Å². The maximum absolute atomic E-state index is 12.7. The van der Waals surface area contributed by atoms with E-state index in [1.54, 1.807) is 24.7 Å². The summed E-state index contributed by atoms with van der Waals surface area (Å²) in [6, 6.07) is 6.43. The maximum atomic E-state index is 12.7. The van der Waals surface area contributed by atoms with Crippen molar-refractivity contribution < 1.29 is 4.39 Å². The molecule has 0 saturated carbocycles. The van der Waals surface area contributed by atoms with E-state index in [1.807, 2.05) is 11.9 Å². The highest BCUT2D eigenvalue weighted by atomic mass is 19.1. The Labute approximate surface area is 87.6 Å². The van der Waals surface area contributed by atoms with E-state index in [-0.39, 0.29) is 5.82 Å². The van der Waals surface area contributed by atoms with Crippen molar-refractivity contribution in [1.82, 2.24) is 9.97 Å². The van der Waals surface area contributed by atoms with Crippen molar-refractivity contribution >= 4 is 5.69 Å². The van der Waals surface area contributed by atoms with E-state index in [1.165, 1.54) is 12.1 Å². The number of aromatic nitrogens is 2. The lowest BCUT2D eigenvalue weighted by Gasteiger charge is -2.17. The standard InChI is InChI=1S/C11H12FN3/c1-15(7-10-6-13-8-14-10)11-4-2-9(12)3-5-11/h2-6,8H,7H2,1H3,(H,13,14). The molecule has 1 aromatic carbocycles. The number of hydrogen-bond donors (Lipinski definition) is 1. The number of nitrogens with one attached hydrogen (secondary N) is 1. The minimum absolute atomic E-state index is 0.214. The molecule has 2 rings (SSSR count). The molecule has 0 aliphatic heterocycles. The molecule has 78 valence electrons. The van der Waals surface area contributed by atoms with Crippen molar-refractivity contribution in [2.24, 2.45) is 0 Å². The first-order valence-corrected chi connectivity index (χ1v) is 4.69. The van der Waals surface area contributed by atoms with Gasteiger partial charge in [-0.1, -0.05) is 0 Å². The Bertz CT molecular complexity index is 408. The smallest absolute Gasteiger partial charge is 0.123 e. The second-order valence-corrected chi connectivity index (χ2v) is 3.41. The van der Waals surface area contributed by atoms with Gasteiger partial charge in [-0.15, -0.1) is 0 Å². The average Bonchev–Trinajstić information content (AvgIpc) is 2.71. The summed E-state index contributed by atoms with van der Waals surface area (Å²) in [5.41, 5.74) is 2.01. The predicted octanol–water partition coefficient (Wildman–Crippen LogP) is 2.19. The molecule has 3 nitrogen and oxygen atoms in total. The van der Waals surface area contributed by atoms with Gasteiger partial charge in [0, 0.05) is 18.9 Å². The molecule has 0 aliphatic rings. The Balaban J connectivity index is 2.08. The van der Waals surface area contributed by atoms with Crippen LogP contribution >= 0.6 is 0 Å². The molecule has 1 aromatic heterocycles. The monoisotopic (exact) mass is 205 g/mol. The molecule has 2 aromatic rings. The molecule has 0 spiro atoms. The number of hydrogen-bond acceptors (Lipinski definition) is 2. The highest BCUT2D eigenvalue weighted by Crippen LogP contribution is 2.14. The first-order valence-electron chi connectivity index (χ1n) is 4.69. The Morgan fingerprint density at radius 3 is 2.67 bits per heavy atom. The fourth-order valence-electron chi connectivity index (χ4n) is 1.41. The second-order valence-electron chi connectivity index (χ2n) is 3.41. The number of H-pyrrole nitrogens is 1. The van der Waals surface area contributed by atoms with Crippen LogP contribution in [0.1, 0.15) is 5.69 Å². The molecule has 4 heteroatoms. The van der Waals surface area contributed by atoms with Crippen LogP contribution in [0.2, 0.25) is 0 Å². The summed E-state index contributed by atoms with van der Waals surface area (Å²) in [7, 11) is 1.95. The largest absolute Gasteiger partial charge is 0.369 e. The van der Waals surface area contributed by atoms with Crippen molar-refractivity contribution in [2.45, 2.75) is 6.54 Å². The number of halogens is 1. The zero-order valence-electron chi connectivity index (χ0n) is 8.44. The van der Waals surface area contributed by atoms with Gasteiger partial charge in [-0.3, -0.25) is 0 Å². The van der Waals surface area contributed by atoms with Crippen LogP contribution in [0, 0.1) is 5.82 Å². The topological polar surface area (TPSA) is 31.9 Å². The molecule has 1 heterocycles. The highest BCUT2D eigenvalue weighted by molar-refractivity contribution is 5.45. The van der Waals surface area contributed by atoms with Gasteiger partial charge in [-0.2, -0.15) is 0 Å². The molecular formula is C11H12FN3. The lowest BCUT2D eigenvalue weighted by atomic mass is 10.3. The number of aromatic amines is 1. The number of rotatable bonds is 3. The van der Waals surface area contributed by atoms with E-state index in [9.17, 15) is 4.39 Å². The van der Waals surface area contributed by atoms with E-state index >= 15 is 0 Å². The van der Waals surface area contributed by atoms with Crippen LogP contribution in [0.3, 0.4) is 0 Å². The molecule has 0 radical (unpaired) electrons. The van der Waals surface area contributed by atoms with Crippen LogP contribution < -0.4 is 4.90 Å². The third kappa shape index (κ3) is 2.34. The van der Waals surface area contributed by atoms with Gasteiger partial charge < -0.3 is 9.88 Å². The molecule has 0 amide bonds. The molecular weight excluding hydrogens is 193 g/mol. The first-order chi connectivity index (χ1) is 7.25. The van der Waals surface area contributed by atoms with Crippen molar-refractivity contribution in [2.75, 3.05) is 11.9 Å². The van der Waals surface area contributed by atoms with Crippen LogP contribution in [-0.4, -0.2) is 17.0 Å². The zero-order chi connectivity index (χ0) is 10.7. The molecule has 0 fully saturated rings. The predicted molar refractivity (Wildman–Crippen MR) is 57.1 cm³/mol. The normalized spacial score (nSPS) is 10.3. The van der Waals surface area contributed by atoms with Crippen LogP contribution in [-0.2, 0) is 6.54 Å². The Morgan fingerprint density at radius 1 is 1.33 bits per heavy atom. The summed E-state index contributed by atoms with van der Waals surface area (Å²) in [4.78, 5) is 8.98. The van der Waals surface area contributed by atoms with Gasteiger partial charge in [0.25, 0.3) is 0 Å². The van der Waals surface area contributed by atoms with Gasteiger partial charge in [-0.05, 0) is 24.3 Å². The zero-order valence-corrected chi connectivity index (χ0v) is 8.44. The SMILES string of the molecule is CN(Cc1cnc[nH]1)c1ccc(F)cc1. The molecule has 0 aliphatic carbocycles. The Hall–Kier alpha value is -1.84. The molecule has 15 heavy (non-hydrogen) atoms. The van der Waals surface area contributed by atoms with Gasteiger partial charge >= 0.3 is 0 Å². The third-order valence-corrected chi connectivity index (χ3v) is 2.23. The van der Waals surface area contributed by atoms with Crippen molar-refractivity contribution in [1.29, 1.82) is 0 Å². The lowest BCUT2D eigenvalue weighted by Crippen LogP contribution is -2.16. The summed E-state index contributed by atoms with van der Waals surface area (Å²) < 4.78 is 12.7. The van der Waals surface area contributed by atoms with E-state index in [2.05, 4.69) is 9.97 Å². The van der Waals surface area contributed by atoms with Gasteiger partial charge in [0.1, 0.15) is 5.82 Å². The van der Waals surface area contributed by atoms with Crippen molar-refractivity contribution in [3.8, 4) is 0 Å². The van der Waals surface area contributed by atoms with E-state index in [0.29, 0.717) is 0 Å².